The highest BCUT2D eigenvalue weighted by Gasteiger charge is 2.12. The smallest absolute Gasteiger partial charge is 0.150 e. The van der Waals surface area contributed by atoms with Crippen molar-refractivity contribution in [3.63, 3.8) is 0 Å². The minimum absolute atomic E-state index is 0.414. The molecule has 0 saturated heterocycles. The Bertz CT molecular complexity index is 158. The van der Waals surface area contributed by atoms with Gasteiger partial charge in [-0.25, -0.2) is 8.42 Å². The molecule has 0 aliphatic rings. The predicted octanol–water partition coefficient (Wildman–Crippen LogP) is 1.03. The monoisotopic (exact) mass is 149 g/mol. The molecular formula is C6H13O2S. The third kappa shape index (κ3) is 3.51. The molecule has 1 atom stereocenters. The fraction of sp³-hybridized carbons (Fsp3) is 0.833. The van der Waals surface area contributed by atoms with Crippen molar-refractivity contribution in [1.82, 2.24) is 0 Å². The van der Waals surface area contributed by atoms with Gasteiger partial charge in [-0.2, -0.15) is 0 Å². The van der Waals surface area contributed by atoms with Crippen LogP contribution >= 0.6 is 0 Å². The Morgan fingerprint density at radius 2 is 2.00 bits per heavy atom. The highest BCUT2D eigenvalue weighted by Crippen LogP contribution is 2.04. The Morgan fingerprint density at radius 3 is 2.11 bits per heavy atom. The van der Waals surface area contributed by atoms with Gasteiger partial charge in [-0.3, -0.25) is 0 Å². The largest absolute Gasteiger partial charge is 0.229 e. The van der Waals surface area contributed by atoms with Crippen molar-refractivity contribution in [1.29, 1.82) is 0 Å². The van der Waals surface area contributed by atoms with Gasteiger partial charge in [-0.1, -0.05) is 13.3 Å². The Hall–Kier alpha value is -0.0500. The summed E-state index contributed by atoms with van der Waals surface area (Å²) < 4.78 is 21.3. The SMILES string of the molecule is [CH2]C(CCC)S(C)(=O)=O. The van der Waals surface area contributed by atoms with Crippen LogP contribution in [0.5, 0.6) is 0 Å². The molecule has 1 radical (unpaired) electrons. The molecule has 0 aliphatic heterocycles. The average molecular weight is 149 g/mol. The summed E-state index contributed by atoms with van der Waals surface area (Å²) in [5.41, 5.74) is 0. The lowest BCUT2D eigenvalue weighted by atomic mass is 10.3. The van der Waals surface area contributed by atoms with E-state index < -0.39 is 15.1 Å². The van der Waals surface area contributed by atoms with Crippen LogP contribution in [0.3, 0.4) is 0 Å². The zero-order valence-corrected chi connectivity index (χ0v) is 6.74. The molecule has 9 heavy (non-hydrogen) atoms. The lowest BCUT2D eigenvalue weighted by Crippen LogP contribution is -2.15. The van der Waals surface area contributed by atoms with E-state index in [9.17, 15) is 8.42 Å². The van der Waals surface area contributed by atoms with Crippen LogP contribution < -0.4 is 0 Å². The van der Waals surface area contributed by atoms with Crippen molar-refractivity contribution in [3.8, 4) is 0 Å². The lowest BCUT2D eigenvalue weighted by molar-refractivity contribution is 0.588. The van der Waals surface area contributed by atoms with Gasteiger partial charge in [0, 0.05) is 6.26 Å². The summed E-state index contributed by atoms with van der Waals surface area (Å²) in [7, 11) is -2.88. The minimum atomic E-state index is -2.88. The van der Waals surface area contributed by atoms with Crippen LogP contribution in [-0.4, -0.2) is 19.9 Å². The molecule has 0 aromatic heterocycles. The van der Waals surface area contributed by atoms with Crippen LogP contribution in [0.1, 0.15) is 19.8 Å². The molecular weight excluding hydrogens is 136 g/mol. The molecule has 0 fully saturated rings. The molecule has 0 saturated carbocycles. The molecule has 0 aromatic rings. The second-order valence-electron chi connectivity index (χ2n) is 2.24. The molecule has 1 unspecified atom stereocenters. The summed E-state index contributed by atoms with van der Waals surface area (Å²) in [6, 6.07) is 0. The molecule has 0 aromatic carbocycles. The van der Waals surface area contributed by atoms with Crippen molar-refractivity contribution in [3.05, 3.63) is 6.92 Å². The Labute approximate surface area is 57.2 Å². The summed E-state index contributed by atoms with van der Waals surface area (Å²) in [4.78, 5) is 0. The topological polar surface area (TPSA) is 34.1 Å². The summed E-state index contributed by atoms with van der Waals surface area (Å²) in [6.45, 7) is 5.46. The van der Waals surface area contributed by atoms with Crippen molar-refractivity contribution >= 4 is 9.84 Å². The second kappa shape index (κ2) is 3.20. The Morgan fingerprint density at radius 1 is 1.56 bits per heavy atom. The molecule has 0 rings (SSSR count). The Balaban J connectivity index is 3.90. The first-order valence-corrected chi connectivity index (χ1v) is 4.96. The summed E-state index contributed by atoms with van der Waals surface area (Å²) in [6.07, 6.45) is 2.76. The van der Waals surface area contributed by atoms with E-state index in [4.69, 9.17) is 0 Å². The lowest BCUT2D eigenvalue weighted by Gasteiger charge is -2.04. The van der Waals surface area contributed by atoms with Crippen molar-refractivity contribution in [2.24, 2.45) is 0 Å². The van der Waals surface area contributed by atoms with E-state index in [0.29, 0.717) is 6.42 Å². The maximum Gasteiger partial charge on any atom is 0.150 e. The van der Waals surface area contributed by atoms with Gasteiger partial charge in [0.15, 0.2) is 0 Å². The summed E-state index contributed by atoms with van der Waals surface area (Å²) in [5.74, 6) is 0. The number of hydrogen-bond donors (Lipinski definition) is 0. The first-order chi connectivity index (χ1) is 3.98. The maximum absolute atomic E-state index is 10.7. The first kappa shape index (κ1) is 8.95. The number of sulfone groups is 1. The van der Waals surface area contributed by atoms with Gasteiger partial charge in [-0.15, -0.1) is 0 Å². The fourth-order valence-electron chi connectivity index (χ4n) is 0.536. The number of rotatable bonds is 3. The highest BCUT2D eigenvalue weighted by atomic mass is 32.2. The minimum Gasteiger partial charge on any atom is -0.229 e. The average Bonchev–Trinajstić information content (AvgIpc) is 1.64. The molecule has 2 nitrogen and oxygen atoms in total. The van der Waals surface area contributed by atoms with Crippen LogP contribution in [0, 0.1) is 6.92 Å². The van der Waals surface area contributed by atoms with Crippen LogP contribution in [0.4, 0.5) is 0 Å². The molecule has 0 aliphatic carbocycles. The fourth-order valence-corrected chi connectivity index (χ4v) is 1.20. The highest BCUT2D eigenvalue weighted by molar-refractivity contribution is 7.91. The van der Waals surface area contributed by atoms with Crippen LogP contribution in [0.2, 0.25) is 0 Å². The van der Waals surface area contributed by atoms with Crippen LogP contribution in [0.15, 0.2) is 0 Å². The van der Waals surface area contributed by atoms with E-state index in [1.807, 2.05) is 6.92 Å². The maximum atomic E-state index is 10.7. The van der Waals surface area contributed by atoms with Gasteiger partial charge in [0.1, 0.15) is 9.84 Å². The molecule has 0 amide bonds. The van der Waals surface area contributed by atoms with Gasteiger partial charge in [-0.05, 0) is 13.3 Å². The van der Waals surface area contributed by atoms with Gasteiger partial charge < -0.3 is 0 Å². The molecule has 55 valence electrons. The molecule has 0 bridgehead atoms. The third-order valence-corrected chi connectivity index (χ3v) is 2.66. The van der Waals surface area contributed by atoms with E-state index >= 15 is 0 Å². The van der Waals surface area contributed by atoms with Crippen molar-refractivity contribution in [2.75, 3.05) is 6.26 Å². The van der Waals surface area contributed by atoms with E-state index in [-0.39, 0.29) is 0 Å². The normalized spacial score (nSPS) is 15.4. The molecule has 0 N–H and O–H groups in total. The third-order valence-electron chi connectivity index (χ3n) is 1.22. The number of hydrogen-bond acceptors (Lipinski definition) is 2. The van der Waals surface area contributed by atoms with Gasteiger partial charge in [0.2, 0.25) is 0 Å². The summed E-state index contributed by atoms with van der Waals surface area (Å²) >= 11 is 0. The van der Waals surface area contributed by atoms with E-state index in [1.165, 1.54) is 6.26 Å². The van der Waals surface area contributed by atoms with E-state index in [1.54, 1.807) is 0 Å². The van der Waals surface area contributed by atoms with Gasteiger partial charge >= 0.3 is 0 Å². The summed E-state index contributed by atoms with van der Waals surface area (Å²) in [5, 5.41) is -0.414. The predicted molar refractivity (Wildman–Crippen MR) is 38.9 cm³/mol. The quantitative estimate of drug-likeness (QED) is 0.600. The zero-order chi connectivity index (χ0) is 7.49. The van der Waals surface area contributed by atoms with Crippen LogP contribution in [-0.2, 0) is 9.84 Å². The molecule has 0 heterocycles. The van der Waals surface area contributed by atoms with E-state index in [0.717, 1.165) is 6.42 Å². The van der Waals surface area contributed by atoms with Crippen LogP contribution in [0.25, 0.3) is 0 Å². The van der Waals surface area contributed by atoms with E-state index in [2.05, 4.69) is 6.92 Å². The first-order valence-electron chi connectivity index (χ1n) is 3.00. The van der Waals surface area contributed by atoms with Crippen molar-refractivity contribution in [2.45, 2.75) is 25.0 Å². The standard InChI is InChI=1S/C6H13O2S/c1-4-5-6(2)9(3,7)8/h6H,2,4-5H2,1,3H3. The molecule has 0 spiro atoms. The zero-order valence-electron chi connectivity index (χ0n) is 5.92. The van der Waals surface area contributed by atoms with Crippen molar-refractivity contribution < 1.29 is 8.42 Å². The molecule has 3 heteroatoms. The second-order valence-corrected chi connectivity index (χ2v) is 4.57. The van der Waals surface area contributed by atoms with Gasteiger partial charge in [0.25, 0.3) is 0 Å². The Kier molecular flexibility index (Phi) is 3.18. The van der Waals surface area contributed by atoms with Gasteiger partial charge in [0.05, 0.1) is 5.25 Å².